The third kappa shape index (κ3) is 2.20. The van der Waals surface area contributed by atoms with Gasteiger partial charge in [0.1, 0.15) is 11.5 Å². The van der Waals surface area contributed by atoms with E-state index in [0.29, 0.717) is 12.1 Å². The molecule has 1 heterocycles. The highest BCUT2D eigenvalue weighted by atomic mass is 19.1. The van der Waals surface area contributed by atoms with E-state index in [9.17, 15) is 9.18 Å². The van der Waals surface area contributed by atoms with E-state index in [1.807, 2.05) is 24.3 Å². The number of aromatic nitrogens is 2. The molecule has 3 rings (SSSR count). The smallest absolute Gasteiger partial charge is 0.272 e. The van der Waals surface area contributed by atoms with E-state index in [2.05, 4.69) is 4.98 Å². The normalized spacial score (nSPS) is 10.9. The largest absolute Gasteiger partial charge is 0.308 e. The zero-order valence-corrected chi connectivity index (χ0v) is 11.0. The van der Waals surface area contributed by atoms with Crippen LogP contribution in [0.15, 0.2) is 53.3 Å². The summed E-state index contributed by atoms with van der Waals surface area (Å²) in [5, 5.41) is 0. The molecular weight excluding hydrogens is 255 g/mol. The van der Waals surface area contributed by atoms with Gasteiger partial charge in [-0.3, -0.25) is 4.79 Å². The van der Waals surface area contributed by atoms with Crippen molar-refractivity contribution in [2.45, 2.75) is 6.42 Å². The number of halogens is 1. The lowest BCUT2D eigenvalue weighted by atomic mass is 10.1. The Balaban J connectivity index is 2.10. The van der Waals surface area contributed by atoms with E-state index >= 15 is 0 Å². The topological polar surface area (TPSA) is 34.9 Å². The fourth-order valence-electron chi connectivity index (χ4n) is 2.25. The van der Waals surface area contributed by atoms with Crippen LogP contribution in [0.1, 0.15) is 11.3 Å². The predicted molar refractivity (Wildman–Crippen MR) is 76.2 cm³/mol. The molecular formula is C16H13FN2O. The van der Waals surface area contributed by atoms with Crippen LogP contribution in [-0.4, -0.2) is 9.55 Å². The Labute approximate surface area is 115 Å². The molecule has 0 saturated heterocycles. The van der Waals surface area contributed by atoms with Gasteiger partial charge in [-0.2, -0.15) is 0 Å². The lowest BCUT2D eigenvalue weighted by molar-refractivity contribution is 0.627. The molecule has 0 amide bonds. The Hall–Kier alpha value is -2.49. The highest BCUT2D eigenvalue weighted by Crippen LogP contribution is 2.11. The van der Waals surface area contributed by atoms with Crippen LogP contribution in [0.2, 0.25) is 0 Å². The number of benzene rings is 2. The molecule has 0 unspecified atom stereocenters. The molecule has 0 aliphatic rings. The van der Waals surface area contributed by atoms with E-state index in [1.54, 1.807) is 23.7 Å². The van der Waals surface area contributed by atoms with E-state index in [0.717, 1.165) is 16.6 Å². The molecule has 20 heavy (non-hydrogen) atoms. The standard InChI is InChI=1S/C16H13FN2O/c1-19-15-5-3-2-4-13(15)18-14(16(19)20)10-11-6-8-12(17)9-7-11/h2-9H,10H2,1H3. The zero-order chi connectivity index (χ0) is 14.1. The monoisotopic (exact) mass is 268 g/mol. The average Bonchev–Trinajstić information content (AvgIpc) is 2.47. The summed E-state index contributed by atoms with van der Waals surface area (Å²) in [5.74, 6) is -0.284. The fourth-order valence-corrected chi connectivity index (χ4v) is 2.25. The minimum atomic E-state index is -0.284. The van der Waals surface area contributed by atoms with Crippen molar-refractivity contribution in [1.82, 2.24) is 9.55 Å². The molecule has 3 nitrogen and oxygen atoms in total. The summed E-state index contributed by atoms with van der Waals surface area (Å²) in [6.07, 6.45) is 0.401. The van der Waals surface area contributed by atoms with Crippen molar-refractivity contribution in [3.05, 3.63) is 76.0 Å². The lowest BCUT2D eigenvalue weighted by Gasteiger charge is -2.07. The number of fused-ring (bicyclic) bond motifs is 1. The third-order valence-corrected chi connectivity index (χ3v) is 3.33. The van der Waals surface area contributed by atoms with E-state index in [-0.39, 0.29) is 11.4 Å². The average molecular weight is 268 g/mol. The number of nitrogens with zero attached hydrogens (tertiary/aromatic N) is 2. The number of rotatable bonds is 2. The summed E-state index contributed by atoms with van der Waals surface area (Å²) < 4.78 is 14.5. The van der Waals surface area contributed by atoms with Gasteiger partial charge < -0.3 is 4.57 Å². The third-order valence-electron chi connectivity index (χ3n) is 3.33. The molecule has 1 aromatic heterocycles. The van der Waals surface area contributed by atoms with Gasteiger partial charge in [-0.1, -0.05) is 24.3 Å². The van der Waals surface area contributed by atoms with Crippen molar-refractivity contribution in [3.63, 3.8) is 0 Å². The van der Waals surface area contributed by atoms with Crippen molar-refractivity contribution in [3.8, 4) is 0 Å². The molecule has 3 aromatic rings. The second-order valence-corrected chi connectivity index (χ2v) is 4.71. The van der Waals surface area contributed by atoms with Crippen molar-refractivity contribution < 1.29 is 4.39 Å². The van der Waals surface area contributed by atoms with Crippen LogP contribution < -0.4 is 5.56 Å². The summed E-state index contributed by atoms with van der Waals surface area (Å²) in [7, 11) is 1.74. The number of para-hydroxylation sites is 2. The highest BCUT2D eigenvalue weighted by molar-refractivity contribution is 5.74. The molecule has 0 radical (unpaired) electrons. The van der Waals surface area contributed by atoms with Crippen LogP contribution in [-0.2, 0) is 13.5 Å². The summed E-state index contributed by atoms with van der Waals surface area (Å²) in [6, 6.07) is 13.6. The van der Waals surface area contributed by atoms with Crippen LogP contribution in [0.5, 0.6) is 0 Å². The van der Waals surface area contributed by atoms with Gasteiger partial charge in [0.15, 0.2) is 0 Å². The van der Waals surface area contributed by atoms with Crippen LogP contribution >= 0.6 is 0 Å². The molecule has 0 bridgehead atoms. The molecule has 0 fully saturated rings. The lowest BCUT2D eigenvalue weighted by Crippen LogP contribution is -2.23. The minimum absolute atomic E-state index is 0.118. The van der Waals surface area contributed by atoms with Crippen LogP contribution in [0.3, 0.4) is 0 Å². The zero-order valence-electron chi connectivity index (χ0n) is 11.0. The minimum Gasteiger partial charge on any atom is -0.308 e. The Kier molecular flexibility index (Phi) is 3.06. The first kappa shape index (κ1) is 12.5. The maximum Gasteiger partial charge on any atom is 0.272 e. The Morgan fingerprint density at radius 1 is 1.10 bits per heavy atom. The van der Waals surface area contributed by atoms with Gasteiger partial charge in [0.2, 0.25) is 0 Å². The highest BCUT2D eigenvalue weighted by Gasteiger charge is 2.08. The Morgan fingerprint density at radius 3 is 2.55 bits per heavy atom. The van der Waals surface area contributed by atoms with Gasteiger partial charge in [0.05, 0.1) is 11.0 Å². The SMILES string of the molecule is Cn1c(=O)c(Cc2ccc(F)cc2)nc2ccccc21. The Morgan fingerprint density at radius 2 is 1.80 bits per heavy atom. The van der Waals surface area contributed by atoms with Gasteiger partial charge in [-0.25, -0.2) is 9.37 Å². The van der Waals surface area contributed by atoms with E-state index in [4.69, 9.17) is 0 Å². The van der Waals surface area contributed by atoms with Gasteiger partial charge in [0, 0.05) is 13.5 Å². The molecule has 0 spiro atoms. The quantitative estimate of drug-likeness (QED) is 0.716. The summed E-state index contributed by atoms with van der Waals surface area (Å²) >= 11 is 0. The second-order valence-electron chi connectivity index (χ2n) is 4.71. The summed E-state index contributed by atoms with van der Waals surface area (Å²) in [5.41, 5.74) is 2.81. The van der Waals surface area contributed by atoms with Crippen LogP contribution in [0.25, 0.3) is 11.0 Å². The first-order valence-electron chi connectivity index (χ1n) is 6.34. The number of hydrogen-bond acceptors (Lipinski definition) is 2. The van der Waals surface area contributed by atoms with E-state index in [1.165, 1.54) is 12.1 Å². The molecule has 0 aliphatic carbocycles. The molecule has 4 heteroatoms. The van der Waals surface area contributed by atoms with Crippen molar-refractivity contribution >= 4 is 11.0 Å². The first-order valence-corrected chi connectivity index (χ1v) is 6.34. The van der Waals surface area contributed by atoms with E-state index < -0.39 is 0 Å². The molecule has 2 aromatic carbocycles. The Bertz CT molecular complexity index is 822. The number of aryl methyl sites for hydroxylation is 1. The molecule has 0 saturated carbocycles. The van der Waals surface area contributed by atoms with Crippen molar-refractivity contribution in [2.24, 2.45) is 7.05 Å². The van der Waals surface area contributed by atoms with Crippen LogP contribution in [0.4, 0.5) is 4.39 Å². The molecule has 0 aliphatic heterocycles. The van der Waals surface area contributed by atoms with Gasteiger partial charge in [0.25, 0.3) is 5.56 Å². The van der Waals surface area contributed by atoms with Gasteiger partial charge in [-0.15, -0.1) is 0 Å². The van der Waals surface area contributed by atoms with Gasteiger partial charge >= 0.3 is 0 Å². The first-order chi connectivity index (χ1) is 9.65. The van der Waals surface area contributed by atoms with Gasteiger partial charge in [-0.05, 0) is 29.8 Å². The second kappa shape index (κ2) is 4.89. The fraction of sp³-hybridized carbons (Fsp3) is 0.125. The van der Waals surface area contributed by atoms with Crippen molar-refractivity contribution in [2.75, 3.05) is 0 Å². The molecule has 0 atom stereocenters. The maximum atomic E-state index is 12.9. The number of hydrogen-bond donors (Lipinski definition) is 0. The molecule has 0 N–H and O–H groups in total. The van der Waals surface area contributed by atoms with Crippen molar-refractivity contribution in [1.29, 1.82) is 0 Å². The predicted octanol–water partition coefficient (Wildman–Crippen LogP) is 2.66. The summed E-state index contributed by atoms with van der Waals surface area (Å²) in [6.45, 7) is 0. The summed E-state index contributed by atoms with van der Waals surface area (Å²) in [4.78, 5) is 16.7. The van der Waals surface area contributed by atoms with Crippen LogP contribution in [0, 0.1) is 5.82 Å². The molecule has 100 valence electrons. The maximum absolute atomic E-state index is 12.9.